The maximum Gasteiger partial charge on any atom is 0.182 e. The van der Waals surface area contributed by atoms with E-state index in [1.807, 2.05) is 23.0 Å². The first-order valence-corrected chi connectivity index (χ1v) is 13.2. The molecule has 0 aliphatic rings. The van der Waals surface area contributed by atoms with E-state index in [-0.39, 0.29) is 0 Å². The third-order valence-corrected chi connectivity index (χ3v) is 6.35. The van der Waals surface area contributed by atoms with Crippen molar-refractivity contribution in [3.8, 4) is 5.75 Å². The molecule has 0 bridgehead atoms. The summed E-state index contributed by atoms with van der Waals surface area (Å²) in [5.74, 6) is 1.32. The number of benzene rings is 1. The highest BCUT2D eigenvalue weighted by Crippen LogP contribution is 2.33. The Hall–Kier alpha value is -2.98. The normalized spacial score (nSPS) is 12.0. The summed E-state index contributed by atoms with van der Waals surface area (Å²) in [5.41, 5.74) is 3.08. The molecule has 2 N–H and O–H groups in total. The minimum Gasteiger partial charge on any atom is -0.494 e. The van der Waals surface area contributed by atoms with Crippen molar-refractivity contribution < 1.29 is 9.47 Å². The van der Waals surface area contributed by atoms with Gasteiger partial charge >= 0.3 is 0 Å². The lowest BCUT2D eigenvalue weighted by atomic mass is 10.2. The fraction of sp³-hybridized carbons (Fsp3) is 0.368. The first-order valence-electron chi connectivity index (χ1n) is 9.47. The number of ether oxygens (including phenoxy) is 2. The molecular weight excluding hydrogens is 386 g/mol. The van der Waals surface area contributed by atoms with Crippen LogP contribution in [-0.4, -0.2) is 51.5 Å². The molecule has 9 nitrogen and oxygen atoms in total. The van der Waals surface area contributed by atoms with Gasteiger partial charge in [0.15, 0.2) is 11.5 Å². The van der Waals surface area contributed by atoms with Crippen LogP contribution in [0.3, 0.4) is 0 Å². The molecule has 3 aromatic heterocycles. The van der Waals surface area contributed by atoms with Crippen LogP contribution in [0.15, 0.2) is 31.0 Å². The van der Waals surface area contributed by atoms with Gasteiger partial charge in [-0.25, -0.2) is 19.6 Å². The molecule has 0 aliphatic heterocycles. The molecule has 10 heteroatoms. The third-order valence-electron chi connectivity index (χ3n) is 4.65. The molecule has 0 radical (unpaired) electrons. The highest BCUT2D eigenvalue weighted by atomic mass is 28.3. The van der Waals surface area contributed by atoms with Gasteiger partial charge in [0, 0.05) is 26.1 Å². The second kappa shape index (κ2) is 7.80. The number of aromatic nitrogens is 6. The lowest BCUT2D eigenvalue weighted by Gasteiger charge is -2.15. The van der Waals surface area contributed by atoms with Gasteiger partial charge in [0.05, 0.1) is 30.8 Å². The molecule has 29 heavy (non-hydrogen) atoms. The van der Waals surface area contributed by atoms with Crippen LogP contribution >= 0.6 is 0 Å². The zero-order valence-electron chi connectivity index (χ0n) is 17.1. The Morgan fingerprint density at radius 3 is 2.83 bits per heavy atom. The molecule has 4 rings (SSSR count). The Morgan fingerprint density at radius 2 is 2.03 bits per heavy atom. The lowest BCUT2D eigenvalue weighted by Crippen LogP contribution is -2.22. The Bertz CT molecular complexity index is 1130. The van der Waals surface area contributed by atoms with Gasteiger partial charge in [-0.15, -0.1) is 0 Å². The summed E-state index contributed by atoms with van der Waals surface area (Å²) in [6.45, 7) is 8.20. The molecule has 0 fully saturated rings. The molecule has 152 valence electrons. The van der Waals surface area contributed by atoms with E-state index >= 15 is 0 Å². The average Bonchev–Trinajstić information content (AvgIpc) is 3.31. The Morgan fingerprint density at radius 1 is 1.17 bits per heavy atom. The number of nitrogens with zero attached hydrogens (tertiary/aromatic N) is 5. The lowest BCUT2D eigenvalue weighted by molar-refractivity contribution is 0.0817. The molecule has 0 saturated carbocycles. The monoisotopic (exact) mass is 411 g/mol. The van der Waals surface area contributed by atoms with Gasteiger partial charge in [-0.05, 0) is 12.1 Å². The second-order valence-corrected chi connectivity index (χ2v) is 13.7. The van der Waals surface area contributed by atoms with Crippen molar-refractivity contribution in [3.63, 3.8) is 0 Å². The summed E-state index contributed by atoms with van der Waals surface area (Å²) in [6, 6.07) is 5.08. The number of fused-ring (bicyclic) bond motifs is 2. The van der Waals surface area contributed by atoms with Crippen molar-refractivity contribution in [1.29, 1.82) is 0 Å². The van der Waals surface area contributed by atoms with Crippen molar-refractivity contribution in [3.05, 3.63) is 31.0 Å². The zero-order valence-corrected chi connectivity index (χ0v) is 18.1. The Kier molecular flexibility index (Phi) is 5.20. The molecule has 1 aromatic carbocycles. The van der Waals surface area contributed by atoms with Crippen LogP contribution in [0.2, 0.25) is 25.7 Å². The SMILES string of the molecule is COc1cc2c(cnn2COCC[Si](C)(C)C)cc1Nc1ncnc2nc[nH]c12. The molecule has 3 heterocycles. The molecule has 0 atom stereocenters. The summed E-state index contributed by atoms with van der Waals surface area (Å²) in [4.78, 5) is 15.7. The van der Waals surface area contributed by atoms with Crippen molar-refractivity contribution in [2.24, 2.45) is 0 Å². The molecule has 0 unspecified atom stereocenters. The summed E-state index contributed by atoms with van der Waals surface area (Å²) >= 11 is 0. The molecule has 4 aromatic rings. The summed E-state index contributed by atoms with van der Waals surface area (Å²) < 4.78 is 13.3. The number of hydrogen-bond donors (Lipinski definition) is 2. The predicted octanol–water partition coefficient (Wildman–Crippen LogP) is 3.77. The van der Waals surface area contributed by atoms with Crippen molar-refractivity contribution in [1.82, 2.24) is 29.7 Å². The topological polar surface area (TPSA) is 103 Å². The van der Waals surface area contributed by atoms with E-state index in [2.05, 4.69) is 50.0 Å². The number of hydrogen-bond acceptors (Lipinski definition) is 7. The zero-order chi connectivity index (χ0) is 20.4. The standard InChI is InChI=1S/C19H25N7O2Si/c1-27-16-8-15-13(9-24-26(15)12-28-5-6-29(2,3)4)7-14(16)25-19-17-18(21-10-20-17)22-11-23-19/h7-11H,5-6,12H2,1-4H3,(H2,20,21,22,23,25). The van der Waals surface area contributed by atoms with Gasteiger partial charge in [-0.3, -0.25) is 0 Å². The van der Waals surface area contributed by atoms with Crippen LogP contribution in [0.4, 0.5) is 11.5 Å². The molecule has 0 spiro atoms. The van der Waals surface area contributed by atoms with E-state index in [1.165, 1.54) is 6.33 Å². The number of H-pyrrole nitrogens is 1. The van der Waals surface area contributed by atoms with Crippen LogP contribution in [-0.2, 0) is 11.5 Å². The number of anilines is 2. The van der Waals surface area contributed by atoms with Crippen molar-refractivity contribution in [2.45, 2.75) is 32.4 Å². The fourth-order valence-electron chi connectivity index (χ4n) is 2.99. The first-order chi connectivity index (χ1) is 13.9. The van der Waals surface area contributed by atoms with Crippen LogP contribution in [0.25, 0.3) is 22.1 Å². The summed E-state index contributed by atoms with van der Waals surface area (Å²) in [5, 5.41) is 8.77. The average molecular weight is 412 g/mol. The highest BCUT2D eigenvalue weighted by molar-refractivity contribution is 6.76. The summed E-state index contributed by atoms with van der Waals surface area (Å²) in [7, 11) is 0.535. The van der Waals surface area contributed by atoms with Gasteiger partial charge in [0.2, 0.25) is 0 Å². The summed E-state index contributed by atoms with van der Waals surface area (Å²) in [6.07, 6.45) is 4.90. The van der Waals surface area contributed by atoms with Crippen molar-refractivity contribution in [2.75, 3.05) is 19.0 Å². The van der Waals surface area contributed by atoms with Gasteiger partial charge in [-0.2, -0.15) is 5.10 Å². The molecule has 0 saturated heterocycles. The molecule has 0 amide bonds. The minimum atomic E-state index is -1.11. The molecular formula is C19H25N7O2Si. The van der Waals surface area contributed by atoms with Gasteiger partial charge in [0.1, 0.15) is 24.3 Å². The maximum atomic E-state index is 5.85. The van der Waals surface area contributed by atoms with E-state index in [0.29, 0.717) is 23.9 Å². The van der Waals surface area contributed by atoms with Gasteiger partial charge in [-0.1, -0.05) is 19.6 Å². The van der Waals surface area contributed by atoms with E-state index in [1.54, 1.807) is 13.4 Å². The second-order valence-electron chi connectivity index (χ2n) is 8.05. The Balaban J connectivity index is 1.57. The minimum absolute atomic E-state index is 0.421. The number of aromatic amines is 1. The van der Waals surface area contributed by atoms with Crippen LogP contribution < -0.4 is 10.1 Å². The largest absolute Gasteiger partial charge is 0.494 e. The van der Waals surface area contributed by atoms with Crippen LogP contribution in [0.1, 0.15) is 0 Å². The number of rotatable bonds is 8. The Labute approximate surface area is 169 Å². The van der Waals surface area contributed by atoms with E-state index in [0.717, 1.165) is 34.8 Å². The predicted molar refractivity (Wildman–Crippen MR) is 115 cm³/mol. The number of imidazole rings is 1. The molecule has 0 aliphatic carbocycles. The smallest absolute Gasteiger partial charge is 0.182 e. The fourth-order valence-corrected chi connectivity index (χ4v) is 3.75. The number of methoxy groups -OCH3 is 1. The first kappa shape index (κ1) is 19.3. The van der Waals surface area contributed by atoms with Gasteiger partial charge < -0.3 is 19.8 Å². The van der Waals surface area contributed by atoms with Gasteiger partial charge in [0.25, 0.3) is 0 Å². The number of nitrogens with one attached hydrogen (secondary N) is 2. The van der Waals surface area contributed by atoms with E-state index in [4.69, 9.17) is 9.47 Å². The van der Waals surface area contributed by atoms with Crippen molar-refractivity contribution >= 4 is 41.6 Å². The van der Waals surface area contributed by atoms with Crippen LogP contribution in [0, 0.1) is 0 Å². The highest BCUT2D eigenvalue weighted by Gasteiger charge is 2.14. The van der Waals surface area contributed by atoms with E-state index < -0.39 is 8.07 Å². The maximum absolute atomic E-state index is 5.85. The van der Waals surface area contributed by atoms with Crippen LogP contribution in [0.5, 0.6) is 5.75 Å². The van der Waals surface area contributed by atoms with E-state index in [9.17, 15) is 0 Å². The third kappa shape index (κ3) is 4.22. The quantitative estimate of drug-likeness (QED) is 0.336.